The highest BCUT2D eigenvalue weighted by atomic mass is 16.5. The Bertz CT molecular complexity index is 403. The average Bonchev–Trinajstić information content (AvgIpc) is 2.48. The van der Waals surface area contributed by atoms with E-state index in [1.807, 2.05) is 7.05 Å². The number of likely N-dealkylation sites (N-methyl/N-ethyl adjacent to an activating group) is 1. The summed E-state index contributed by atoms with van der Waals surface area (Å²) >= 11 is 0. The third-order valence-corrected chi connectivity index (χ3v) is 4.69. The average molecular weight is 289 g/mol. The van der Waals surface area contributed by atoms with Crippen LogP contribution in [0.15, 0.2) is 30.3 Å². The Labute approximate surface area is 130 Å². The van der Waals surface area contributed by atoms with Crippen molar-refractivity contribution >= 4 is 0 Å². The molecule has 0 amide bonds. The summed E-state index contributed by atoms with van der Waals surface area (Å²) in [6, 6.07) is 11.0. The second kappa shape index (κ2) is 7.95. The van der Waals surface area contributed by atoms with E-state index in [-0.39, 0.29) is 12.1 Å². The first-order chi connectivity index (χ1) is 10.1. The van der Waals surface area contributed by atoms with Crippen LogP contribution in [0.1, 0.15) is 58.1 Å². The predicted octanol–water partition coefficient (Wildman–Crippen LogP) is 4.57. The predicted molar refractivity (Wildman–Crippen MR) is 89.4 cm³/mol. The largest absolute Gasteiger partial charge is 0.373 e. The Morgan fingerprint density at radius 2 is 1.86 bits per heavy atom. The smallest absolute Gasteiger partial charge is 0.0796 e. The number of nitrogens with one attached hydrogen (secondary N) is 1. The van der Waals surface area contributed by atoms with Gasteiger partial charge in [-0.1, -0.05) is 63.9 Å². The summed E-state index contributed by atoms with van der Waals surface area (Å²) in [7, 11) is 2.04. The minimum Gasteiger partial charge on any atom is -0.373 e. The van der Waals surface area contributed by atoms with Crippen molar-refractivity contribution in [2.75, 3.05) is 7.05 Å². The fourth-order valence-electron chi connectivity index (χ4n) is 3.53. The molecule has 0 saturated heterocycles. The standard InChI is InChI=1S/C19H31NO/c1-14(2)19(21-17-12-8-9-15(3)13-17)18(20-4)16-10-6-5-7-11-16/h5-7,10-11,14-15,17-20H,8-9,12-13H2,1-4H3. The fraction of sp³-hybridized carbons (Fsp3) is 0.684. The summed E-state index contributed by atoms with van der Waals surface area (Å²) in [5.74, 6) is 1.31. The van der Waals surface area contributed by atoms with Gasteiger partial charge < -0.3 is 10.1 Å². The lowest BCUT2D eigenvalue weighted by Crippen LogP contribution is -2.39. The van der Waals surface area contributed by atoms with E-state index in [1.54, 1.807) is 0 Å². The molecule has 1 saturated carbocycles. The van der Waals surface area contributed by atoms with Gasteiger partial charge in [-0.15, -0.1) is 0 Å². The summed E-state index contributed by atoms with van der Waals surface area (Å²) in [6.07, 6.45) is 5.77. The lowest BCUT2D eigenvalue weighted by molar-refractivity contribution is -0.0743. The molecule has 0 aromatic heterocycles. The Hall–Kier alpha value is -0.860. The number of ether oxygens (including phenoxy) is 1. The molecule has 21 heavy (non-hydrogen) atoms. The summed E-state index contributed by atoms with van der Waals surface area (Å²) in [6.45, 7) is 6.89. The monoisotopic (exact) mass is 289 g/mol. The van der Waals surface area contributed by atoms with Gasteiger partial charge in [-0.3, -0.25) is 0 Å². The summed E-state index contributed by atoms with van der Waals surface area (Å²) < 4.78 is 6.57. The lowest BCUT2D eigenvalue weighted by atomic mass is 9.87. The molecule has 1 aliphatic carbocycles. The van der Waals surface area contributed by atoms with E-state index in [0.717, 1.165) is 5.92 Å². The van der Waals surface area contributed by atoms with Gasteiger partial charge in [0.15, 0.2) is 0 Å². The first kappa shape index (κ1) is 16.5. The van der Waals surface area contributed by atoms with Crippen molar-refractivity contribution in [1.82, 2.24) is 5.32 Å². The van der Waals surface area contributed by atoms with Gasteiger partial charge in [-0.05, 0) is 37.3 Å². The van der Waals surface area contributed by atoms with Crippen molar-refractivity contribution in [2.45, 2.75) is 64.7 Å². The number of rotatable bonds is 6. The summed E-state index contributed by atoms with van der Waals surface area (Å²) in [4.78, 5) is 0. The molecule has 2 nitrogen and oxygen atoms in total. The van der Waals surface area contributed by atoms with Crippen molar-refractivity contribution in [3.05, 3.63) is 35.9 Å². The maximum Gasteiger partial charge on any atom is 0.0796 e. The minimum atomic E-state index is 0.229. The normalized spacial score (nSPS) is 25.8. The molecule has 1 fully saturated rings. The van der Waals surface area contributed by atoms with Gasteiger partial charge >= 0.3 is 0 Å². The molecule has 4 unspecified atom stereocenters. The van der Waals surface area contributed by atoms with Crippen LogP contribution in [-0.4, -0.2) is 19.3 Å². The summed E-state index contributed by atoms with van der Waals surface area (Å²) in [5, 5.41) is 3.48. The van der Waals surface area contributed by atoms with Crippen LogP contribution in [0, 0.1) is 11.8 Å². The minimum absolute atomic E-state index is 0.229. The quantitative estimate of drug-likeness (QED) is 0.828. The molecule has 0 radical (unpaired) electrons. The Balaban J connectivity index is 2.09. The van der Waals surface area contributed by atoms with Crippen LogP contribution in [0.2, 0.25) is 0 Å². The third-order valence-electron chi connectivity index (χ3n) is 4.69. The fourth-order valence-corrected chi connectivity index (χ4v) is 3.53. The van der Waals surface area contributed by atoms with Crippen LogP contribution in [-0.2, 0) is 4.74 Å². The molecular formula is C19H31NO. The Morgan fingerprint density at radius 3 is 2.43 bits per heavy atom. The molecule has 1 N–H and O–H groups in total. The van der Waals surface area contributed by atoms with Crippen LogP contribution in [0.25, 0.3) is 0 Å². The van der Waals surface area contributed by atoms with Gasteiger partial charge in [0.2, 0.25) is 0 Å². The van der Waals surface area contributed by atoms with Gasteiger partial charge in [-0.2, -0.15) is 0 Å². The van der Waals surface area contributed by atoms with Crippen molar-refractivity contribution in [3.8, 4) is 0 Å². The molecular weight excluding hydrogens is 258 g/mol. The SMILES string of the molecule is CNC(c1ccccc1)C(OC1CCCC(C)C1)C(C)C. The van der Waals surface area contributed by atoms with E-state index < -0.39 is 0 Å². The zero-order valence-corrected chi connectivity index (χ0v) is 14.0. The van der Waals surface area contributed by atoms with Gasteiger partial charge in [0.25, 0.3) is 0 Å². The molecule has 2 rings (SSSR count). The third kappa shape index (κ3) is 4.55. The van der Waals surface area contributed by atoms with Gasteiger partial charge in [0.05, 0.1) is 18.2 Å². The molecule has 0 heterocycles. The topological polar surface area (TPSA) is 21.3 Å². The van der Waals surface area contributed by atoms with E-state index in [4.69, 9.17) is 4.74 Å². The molecule has 1 aliphatic rings. The molecule has 1 aromatic carbocycles. The maximum absolute atomic E-state index is 6.57. The number of hydrogen-bond donors (Lipinski definition) is 1. The van der Waals surface area contributed by atoms with E-state index in [0.29, 0.717) is 12.0 Å². The summed E-state index contributed by atoms with van der Waals surface area (Å²) in [5.41, 5.74) is 1.32. The molecule has 118 valence electrons. The van der Waals surface area contributed by atoms with E-state index >= 15 is 0 Å². The van der Waals surface area contributed by atoms with Gasteiger partial charge in [-0.25, -0.2) is 0 Å². The highest BCUT2D eigenvalue weighted by Gasteiger charge is 2.30. The number of hydrogen-bond acceptors (Lipinski definition) is 2. The molecule has 0 bridgehead atoms. The maximum atomic E-state index is 6.57. The number of benzene rings is 1. The first-order valence-electron chi connectivity index (χ1n) is 8.49. The van der Waals surface area contributed by atoms with E-state index in [9.17, 15) is 0 Å². The van der Waals surface area contributed by atoms with E-state index in [1.165, 1.54) is 31.2 Å². The van der Waals surface area contributed by atoms with Crippen molar-refractivity contribution < 1.29 is 4.74 Å². The first-order valence-corrected chi connectivity index (χ1v) is 8.49. The highest BCUT2D eigenvalue weighted by Crippen LogP contribution is 2.31. The van der Waals surface area contributed by atoms with Gasteiger partial charge in [0, 0.05) is 0 Å². The van der Waals surface area contributed by atoms with Crippen LogP contribution in [0.4, 0.5) is 0 Å². The molecule has 4 atom stereocenters. The van der Waals surface area contributed by atoms with Crippen LogP contribution in [0.5, 0.6) is 0 Å². The zero-order valence-electron chi connectivity index (χ0n) is 14.0. The Kier molecular flexibility index (Phi) is 6.25. The van der Waals surface area contributed by atoms with Crippen molar-refractivity contribution in [2.24, 2.45) is 11.8 Å². The van der Waals surface area contributed by atoms with Gasteiger partial charge in [0.1, 0.15) is 0 Å². The molecule has 2 heteroatoms. The lowest BCUT2D eigenvalue weighted by Gasteiger charge is -2.36. The Morgan fingerprint density at radius 1 is 1.14 bits per heavy atom. The second-order valence-corrected chi connectivity index (χ2v) is 6.92. The highest BCUT2D eigenvalue weighted by molar-refractivity contribution is 5.20. The molecule has 0 aliphatic heterocycles. The molecule has 1 aromatic rings. The second-order valence-electron chi connectivity index (χ2n) is 6.92. The zero-order chi connectivity index (χ0) is 15.2. The van der Waals surface area contributed by atoms with Crippen molar-refractivity contribution in [1.29, 1.82) is 0 Å². The van der Waals surface area contributed by atoms with Crippen LogP contribution >= 0.6 is 0 Å². The van der Waals surface area contributed by atoms with E-state index in [2.05, 4.69) is 56.4 Å². The van der Waals surface area contributed by atoms with Crippen molar-refractivity contribution in [3.63, 3.8) is 0 Å². The molecule has 0 spiro atoms. The van der Waals surface area contributed by atoms with Crippen LogP contribution in [0.3, 0.4) is 0 Å². The van der Waals surface area contributed by atoms with Crippen LogP contribution < -0.4 is 5.32 Å².